The summed E-state index contributed by atoms with van der Waals surface area (Å²) in [7, 11) is 1.39. The lowest BCUT2D eigenvalue weighted by molar-refractivity contribution is 0.0600. The summed E-state index contributed by atoms with van der Waals surface area (Å²) in [6, 6.07) is 11.7. The minimum atomic E-state index is -0.299. The van der Waals surface area contributed by atoms with Crippen molar-refractivity contribution in [3.05, 3.63) is 59.4 Å². The maximum Gasteiger partial charge on any atom is 0.339 e. The minimum Gasteiger partial charge on any atom is -0.465 e. The molecule has 0 radical (unpaired) electrons. The van der Waals surface area contributed by atoms with Crippen LogP contribution in [0.3, 0.4) is 0 Å². The van der Waals surface area contributed by atoms with E-state index in [0.717, 1.165) is 11.3 Å². The number of ether oxygens (including phenoxy) is 1. The van der Waals surface area contributed by atoms with Crippen LogP contribution in [0.15, 0.2) is 42.6 Å². The Morgan fingerprint density at radius 2 is 2.00 bits per heavy atom. The predicted molar refractivity (Wildman–Crippen MR) is 61.4 cm³/mol. The topological polar surface area (TPSA) is 42.1 Å². The van der Waals surface area contributed by atoms with Crippen LogP contribution < -0.4 is 0 Å². The molecular weight excluding hydrogens is 202 g/mol. The molecule has 0 bridgehead atoms. The van der Waals surface area contributed by atoms with Gasteiger partial charge < -0.3 is 9.72 Å². The van der Waals surface area contributed by atoms with Crippen molar-refractivity contribution in [2.75, 3.05) is 7.11 Å². The lowest BCUT2D eigenvalue weighted by Gasteiger charge is -2.02. The molecule has 0 amide bonds. The van der Waals surface area contributed by atoms with Gasteiger partial charge in [0.2, 0.25) is 0 Å². The van der Waals surface area contributed by atoms with Crippen molar-refractivity contribution in [3.63, 3.8) is 0 Å². The second kappa shape index (κ2) is 4.66. The maximum atomic E-state index is 11.4. The van der Waals surface area contributed by atoms with Gasteiger partial charge in [-0.1, -0.05) is 30.3 Å². The molecule has 0 aliphatic heterocycles. The number of carbonyl (C=O) groups is 1. The molecule has 0 aliphatic carbocycles. The van der Waals surface area contributed by atoms with E-state index in [1.165, 1.54) is 7.11 Å². The number of aromatic nitrogens is 1. The number of H-pyrrole nitrogens is 1. The molecular formula is C13H13NO2. The van der Waals surface area contributed by atoms with Crippen molar-refractivity contribution in [3.8, 4) is 0 Å². The Kier molecular flexibility index (Phi) is 3.05. The zero-order valence-electron chi connectivity index (χ0n) is 9.07. The summed E-state index contributed by atoms with van der Waals surface area (Å²) in [5.41, 5.74) is 2.65. The molecule has 0 unspecified atom stereocenters. The zero-order chi connectivity index (χ0) is 11.4. The first-order valence-electron chi connectivity index (χ1n) is 5.09. The van der Waals surface area contributed by atoms with E-state index in [2.05, 4.69) is 4.98 Å². The van der Waals surface area contributed by atoms with Gasteiger partial charge in [0.05, 0.1) is 12.7 Å². The third-order valence-electron chi connectivity index (χ3n) is 2.46. The van der Waals surface area contributed by atoms with Gasteiger partial charge in [-0.05, 0) is 11.6 Å². The van der Waals surface area contributed by atoms with Crippen molar-refractivity contribution >= 4 is 5.97 Å². The summed E-state index contributed by atoms with van der Waals surface area (Å²) in [6.07, 6.45) is 2.46. The molecule has 0 atom stereocenters. The van der Waals surface area contributed by atoms with Crippen molar-refractivity contribution in [2.24, 2.45) is 0 Å². The average molecular weight is 215 g/mol. The van der Waals surface area contributed by atoms with Crippen molar-refractivity contribution in [1.82, 2.24) is 4.98 Å². The highest BCUT2D eigenvalue weighted by Crippen LogP contribution is 2.13. The molecule has 82 valence electrons. The van der Waals surface area contributed by atoms with E-state index in [1.807, 2.05) is 30.3 Å². The minimum absolute atomic E-state index is 0.299. The molecule has 3 nitrogen and oxygen atoms in total. The second-order valence-electron chi connectivity index (χ2n) is 3.52. The van der Waals surface area contributed by atoms with Crippen LogP contribution in [0.4, 0.5) is 0 Å². The van der Waals surface area contributed by atoms with Crippen LogP contribution in [0.2, 0.25) is 0 Å². The molecule has 2 aromatic rings. The first kappa shape index (κ1) is 10.5. The van der Waals surface area contributed by atoms with Gasteiger partial charge in [-0.2, -0.15) is 0 Å². The van der Waals surface area contributed by atoms with Crippen molar-refractivity contribution in [1.29, 1.82) is 0 Å². The van der Waals surface area contributed by atoms with Gasteiger partial charge in [0, 0.05) is 18.3 Å². The van der Waals surface area contributed by atoms with Crippen LogP contribution in [0.5, 0.6) is 0 Å². The van der Waals surface area contributed by atoms with Gasteiger partial charge in [-0.15, -0.1) is 0 Å². The lowest BCUT2D eigenvalue weighted by atomic mass is 10.1. The Labute approximate surface area is 94.1 Å². The fraction of sp³-hybridized carbons (Fsp3) is 0.154. The summed E-state index contributed by atoms with van der Waals surface area (Å²) in [5, 5.41) is 0. The molecule has 1 aromatic carbocycles. The predicted octanol–water partition coefficient (Wildman–Crippen LogP) is 2.39. The number of benzene rings is 1. The monoisotopic (exact) mass is 215 g/mol. The van der Waals surface area contributed by atoms with Crippen LogP contribution in [0.1, 0.15) is 21.6 Å². The molecule has 3 heteroatoms. The van der Waals surface area contributed by atoms with Gasteiger partial charge in [-0.25, -0.2) is 4.79 Å². The molecule has 0 saturated heterocycles. The Morgan fingerprint density at radius 3 is 2.69 bits per heavy atom. The number of aromatic amines is 1. The molecule has 1 aromatic heterocycles. The first-order valence-corrected chi connectivity index (χ1v) is 5.09. The molecule has 0 fully saturated rings. The third-order valence-corrected chi connectivity index (χ3v) is 2.46. The fourth-order valence-corrected chi connectivity index (χ4v) is 1.65. The fourth-order valence-electron chi connectivity index (χ4n) is 1.65. The van der Waals surface area contributed by atoms with Crippen LogP contribution in [0, 0.1) is 0 Å². The number of carbonyl (C=O) groups excluding carboxylic acids is 1. The maximum absolute atomic E-state index is 11.4. The number of esters is 1. The van der Waals surface area contributed by atoms with Gasteiger partial charge >= 0.3 is 5.97 Å². The number of hydrogen-bond donors (Lipinski definition) is 1. The molecule has 1 heterocycles. The SMILES string of the molecule is COC(=O)c1cc[nH]c1Cc1ccccc1. The Morgan fingerprint density at radius 1 is 1.25 bits per heavy atom. The first-order chi connectivity index (χ1) is 7.81. The van der Waals surface area contributed by atoms with E-state index in [9.17, 15) is 4.79 Å². The highest BCUT2D eigenvalue weighted by molar-refractivity contribution is 5.90. The molecule has 1 N–H and O–H groups in total. The van der Waals surface area contributed by atoms with Gasteiger partial charge in [-0.3, -0.25) is 0 Å². The number of rotatable bonds is 3. The summed E-state index contributed by atoms with van der Waals surface area (Å²) < 4.78 is 4.71. The summed E-state index contributed by atoms with van der Waals surface area (Å²) in [6.45, 7) is 0. The normalized spacial score (nSPS) is 10.1. The summed E-state index contributed by atoms with van der Waals surface area (Å²) >= 11 is 0. The van der Waals surface area contributed by atoms with Gasteiger partial charge in [0.1, 0.15) is 0 Å². The second-order valence-corrected chi connectivity index (χ2v) is 3.52. The Balaban J connectivity index is 2.22. The Hall–Kier alpha value is -2.03. The highest BCUT2D eigenvalue weighted by atomic mass is 16.5. The van der Waals surface area contributed by atoms with E-state index in [1.54, 1.807) is 12.3 Å². The third kappa shape index (κ3) is 2.14. The number of methoxy groups -OCH3 is 1. The van der Waals surface area contributed by atoms with Crippen LogP contribution in [-0.4, -0.2) is 18.1 Å². The molecule has 16 heavy (non-hydrogen) atoms. The zero-order valence-corrected chi connectivity index (χ0v) is 9.07. The van der Waals surface area contributed by atoms with Gasteiger partial charge in [0.25, 0.3) is 0 Å². The Bertz CT molecular complexity index is 474. The summed E-state index contributed by atoms with van der Waals surface area (Å²) in [5.74, 6) is -0.299. The number of nitrogens with one attached hydrogen (secondary N) is 1. The van der Waals surface area contributed by atoms with E-state index < -0.39 is 0 Å². The van der Waals surface area contributed by atoms with E-state index >= 15 is 0 Å². The quantitative estimate of drug-likeness (QED) is 0.799. The average Bonchev–Trinajstić information content (AvgIpc) is 2.77. The van der Waals surface area contributed by atoms with Gasteiger partial charge in [0.15, 0.2) is 0 Å². The van der Waals surface area contributed by atoms with E-state index in [-0.39, 0.29) is 5.97 Å². The summed E-state index contributed by atoms with van der Waals surface area (Å²) in [4.78, 5) is 14.5. The molecule has 0 saturated carbocycles. The molecule has 2 rings (SSSR count). The van der Waals surface area contributed by atoms with Crippen molar-refractivity contribution in [2.45, 2.75) is 6.42 Å². The number of hydrogen-bond acceptors (Lipinski definition) is 2. The van der Waals surface area contributed by atoms with Crippen molar-refractivity contribution < 1.29 is 9.53 Å². The van der Waals surface area contributed by atoms with Crippen LogP contribution >= 0.6 is 0 Å². The lowest BCUT2D eigenvalue weighted by Crippen LogP contribution is -2.04. The van der Waals surface area contributed by atoms with E-state index in [4.69, 9.17) is 4.74 Å². The van der Waals surface area contributed by atoms with Crippen LogP contribution in [-0.2, 0) is 11.2 Å². The largest absolute Gasteiger partial charge is 0.465 e. The highest BCUT2D eigenvalue weighted by Gasteiger charge is 2.12. The standard InChI is InChI=1S/C13H13NO2/c1-16-13(15)11-7-8-14-12(11)9-10-5-3-2-4-6-10/h2-8,14H,9H2,1H3. The molecule has 0 spiro atoms. The van der Waals surface area contributed by atoms with E-state index in [0.29, 0.717) is 12.0 Å². The molecule has 0 aliphatic rings. The van der Waals surface area contributed by atoms with Crippen LogP contribution in [0.25, 0.3) is 0 Å². The smallest absolute Gasteiger partial charge is 0.339 e.